The molecule has 158 valence electrons. The van der Waals surface area contributed by atoms with E-state index in [0.717, 1.165) is 41.3 Å². The quantitative estimate of drug-likeness (QED) is 0.575. The van der Waals surface area contributed by atoms with Crippen LogP contribution >= 0.6 is 0 Å². The van der Waals surface area contributed by atoms with E-state index in [-0.39, 0.29) is 18.1 Å². The highest BCUT2D eigenvalue weighted by atomic mass is 16.5. The SMILES string of the molecule is CCN(Cc1nc(C)no1)C(=O)C(C)Oc1ccc2c3c(c(=O)oc2c1C)CCC3. The van der Waals surface area contributed by atoms with E-state index < -0.39 is 6.10 Å². The van der Waals surface area contributed by atoms with Crippen molar-refractivity contribution in [2.75, 3.05) is 6.54 Å². The number of rotatable bonds is 6. The molecule has 1 aromatic carbocycles. The molecule has 4 rings (SSSR count). The van der Waals surface area contributed by atoms with Crippen LogP contribution in [0.2, 0.25) is 0 Å². The van der Waals surface area contributed by atoms with Crippen molar-refractivity contribution in [1.82, 2.24) is 15.0 Å². The molecule has 2 aromatic heterocycles. The van der Waals surface area contributed by atoms with Crippen molar-refractivity contribution in [3.63, 3.8) is 0 Å². The van der Waals surface area contributed by atoms with E-state index in [1.807, 2.05) is 26.0 Å². The van der Waals surface area contributed by atoms with Gasteiger partial charge in [-0.2, -0.15) is 4.98 Å². The summed E-state index contributed by atoms with van der Waals surface area (Å²) < 4.78 is 16.7. The Morgan fingerprint density at radius 1 is 1.27 bits per heavy atom. The van der Waals surface area contributed by atoms with Gasteiger partial charge in [0.15, 0.2) is 11.9 Å². The zero-order valence-electron chi connectivity index (χ0n) is 17.7. The summed E-state index contributed by atoms with van der Waals surface area (Å²) in [6.07, 6.45) is 1.88. The Balaban J connectivity index is 1.57. The normalized spacial score (nSPS) is 14.0. The fraction of sp³-hybridized carbons (Fsp3) is 0.455. The third-order valence-electron chi connectivity index (χ3n) is 5.58. The first-order valence-corrected chi connectivity index (χ1v) is 10.2. The van der Waals surface area contributed by atoms with Crippen molar-refractivity contribution in [2.24, 2.45) is 0 Å². The van der Waals surface area contributed by atoms with Crippen LogP contribution in [0.1, 0.15) is 48.7 Å². The molecule has 0 bridgehead atoms. The highest BCUT2D eigenvalue weighted by molar-refractivity contribution is 5.86. The van der Waals surface area contributed by atoms with E-state index in [9.17, 15) is 9.59 Å². The molecule has 1 aliphatic carbocycles. The summed E-state index contributed by atoms with van der Waals surface area (Å²) >= 11 is 0. The van der Waals surface area contributed by atoms with Gasteiger partial charge in [0.25, 0.3) is 5.91 Å². The van der Waals surface area contributed by atoms with Gasteiger partial charge in [-0.1, -0.05) is 5.16 Å². The lowest BCUT2D eigenvalue weighted by Crippen LogP contribution is -2.40. The number of nitrogens with zero attached hydrogens (tertiary/aromatic N) is 3. The number of carbonyl (C=O) groups is 1. The monoisotopic (exact) mass is 411 g/mol. The van der Waals surface area contributed by atoms with Crippen LogP contribution in [0.3, 0.4) is 0 Å². The summed E-state index contributed by atoms with van der Waals surface area (Å²) in [5.41, 5.74) is 2.84. The predicted molar refractivity (Wildman–Crippen MR) is 109 cm³/mol. The third kappa shape index (κ3) is 3.58. The number of ether oxygens (including phenoxy) is 1. The number of hydrogen-bond donors (Lipinski definition) is 0. The number of aromatic nitrogens is 2. The van der Waals surface area contributed by atoms with Gasteiger partial charge in [-0.3, -0.25) is 4.79 Å². The lowest BCUT2D eigenvalue weighted by molar-refractivity contribution is -0.138. The van der Waals surface area contributed by atoms with Gasteiger partial charge < -0.3 is 18.6 Å². The Labute approximate surface area is 173 Å². The van der Waals surface area contributed by atoms with Crippen molar-refractivity contribution in [1.29, 1.82) is 0 Å². The summed E-state index contributed by atoms with van der Waals surface area (Å²) in [5, 5.41) is 4.71. The van der Waals surface area contributed by atoms with E-state index in [0.29, 0.717) is 29.6 Å². The molecule has 0 saturated carbocycles. The second-order valence-electron chi connectivity index (χ2n) is 7.61. The molecule has 0 radical (unpaired) electrons. The van der Waals surface area contributed by atoms with E-state index in [2.05, 4.69) is 10.1 Å². The molecule has 0 N–H and O–H groups in total. The second kappa shape index (κ2) is 7.93. The standard InChI is InChI=1S/C22H25N3O5/c1-5-25(11-19-23-14(4)24-30-19)21(26)13(3)28-18-10-9-16-15-7-6-8-17(15)22(27)29-20(16)12(18)2/h9-10,13H,5-8,11H2,1-4H3. The van der Waals surface area contributed by atoms with Crippen LogP contribution in [0.15, 0.2) is 25.9 Å². The number of aryl methyl sites for hydroxylation is 3. The average Bonchev–Trinajstić information content (AvgIpc) is 3.38. The maximum Gasteiger partial charge on any atom is 0.339 e. The Bertz CT molecular complexity index is 1160. The first-order chi connectivity index (χ1) is 14.4. The van der Waals surface area contributed by atoms with Crippen molar-refractivity contribution < 1.29 is 18.5 Å². The maximum absolute atomic E-state index is 12.9. The van der Waals surface area contributed by atoms with Gasteiger partial charge in [0, 0.05) is 23.1 Å². The molecule has 1 amide bonds. The molecule has 0 saturated heterocycles. The molecule has 1 unspecified atom stereocenters. The molecule has 8 nitrogen and oxygen atoms in total. The number of amides is 1. The molecule has 0 spiro atoms. The van der Waals surface area contributed by atoms with Gasteiger partial charge in [-0.25, -0.2) is 4.79 Å². The van der Waals surface area contributed by atoms with Crippen molar-refractivity contribution >= 4 is 16.9 Å². The number of benzene rings is 1. The Morgan fingerprint density at radius 2 is 2.03 bits per heavy atom. The molecule has 1 atom stereocenters. The second-order valence-corrected chi connectivity index (χ2v) is 7.61. The summed E-state index contributed by atoms with van der Waals surface area (Å²) in [6.45, 7) is 7.86. The molecule has 1 aliphatic rings. The predicted octanol–water partition coefficient (Wildman–Crippen LogP) is 3.10. The largest absolute Gasteiger partial charge is 0.480 e. The van der Waals surface area contributed by atoms with E-state index >= 15 is 0 Å². The fourth-order valence-electron chi connectivity index (χ4n) is 4.00. The summed E-state index contributed by atoms with van der Waals surface area (Å²) in [4.78, 5) is 31.0. The lowest BCUT2D eigenvalue weighted by atomic mass is 10.0. The molecular formula is C22H25N3O5. The number of carbonyl (C=O) groups excluding carboxylic acids is 1. The summed E-state index contributed by atoms with van der Waals surface area (Å²) in [6, 6.07) is 3.76. The Hall–Kier alpha value is -3.16. The lowest BCUT2D eigenvalue weighted by Gasteiger charge is -2.24. The van der Waals surface area contributed by atoms with Crippen LogP contribution in [0.5, 0.6) is 5.75 Å². The Kier molecular flexibility index (Phi) is 5.32. The number of hydrogen-bond acceptors (Lipinski definition) is 7. The smallest absolute Gasteiger partial charge is 0.339 e. The zero-order chi connectivity index (χ0) is 21.4. The van der Waals surface area contributed by atoms with Crippen LogP contribution in [-0.4, -0.2) is 33.6 Å². The minimum absolute atomic E-state index is 0.191. The summed E-state index contributed by atoms with van der Waals surface area (Å²) in [5.74, 6) is 1.24. The van der Waals surface area contributed by atoms with Gasteiger partial charge in [-0.05, 0) is 64.7 Å². The van der Waals surface area contributed by atoms with Gasteiger partial charge >= 0.3 is 5.63 Å². The van der Waals surface area contributed by atoms with Gasteiger partial charge in [0.2, 0.25) is 5.89 Å². The molecule has 8 heteroatoms. The van der Waals surface area contributed by atoms with Crippen molar-refractivity contribution in [3.8, 4) is 5.75 Å². The van der Waals surface area contributed by atoms with Crippen molar-refractivity contribution in [2.45, 2.75) is 59.6 Å². The van der Waals surface area contributed by atoms with Crippen molar-refractivity contribution in [3.05, 3.63) is 51.0 Å². The molecule has 2 heterocycles. The molecule has 3 aromatic rings. The topological polar surface area (TPSA) is 98.7 Å². The van der Waals surface area contributed by atoms with E-state index in [1.165, 1.54) is 0 Å². The molecule has 30 heavy (non-hydrogen) atoms. The van der Waals surface area contributed by atoms with E-state index in [4.69, 9.17) is 13.7 Å². The van der Waals surface area contributed by atoms with Gasteiger partial charge in [-0.15, -0.1) is 0 Å². The van der Waals surface area contributed by atoms with Crippen LogP contribution in [0, 0.1) is 13.8 Å². The minimum atomic E-state index is -0.730. The molecule has 0 aliphatic heterocycles. The van der Waals surface area contributed by atoms with Gasteiger partial charge in [0.05, 0.1) is 0 Å². The highest BCUT2D eigenvalue weighted by Crippen LogP contribution is 2.33. The van der Waals surface area contributed by atoms with Gasteiger partial charge in [0.1, 0.15) is 17.9 Å². The van der Waals surface area contributed by atoms with Crippen LogP contribution in [0.4, 0.5) is 0 Å². The number of likely N-dealkylation sites (N-methyl/N-ethyl adjacent to an activating group) is 1. The number of fused-ring (bicyclic) bond motifs is 3. The highest BCUT2D eigenvalue weighted by Gasteiger charge is 2.25. The van der Waals surface area contributed by atoms with Crippen LogP contribution in [-0.2, 0) is 24.2 Å². The molecular weight excluding hydrogens is 386 g/mol. The third-order valence-corrected chi connectivity index (χ3v) is 5.58. The van der Waals surface area contributed by atoms with Crippen LogP contribution < -0.4 is 10.4 Å². The van der Waals surface area contributed by atoms with Crippen LogP contribution in [0.25, 0.3) is 11.0 Å². The first kappa shape index (κ1) is 20.1. The summed E-state index contributed by atoms with van der Waals surface area (Å²) in [7, 11) is 0. The maximum atomic E-state index is 12.9. The Morgan fingerprint density at radius 3 is 2.73 bits per heavy atom. The first-order valence-electron chi connectivity index (χ1n) is 10.2. The molecule has 0 fully saturated rings. The zero-order valence-corrected chi connectivity index (χ0v) is 17.7. The van der Waals surface area contributed by atoms with E-state index in [1.54, 1.807) is 18.7 Å². The fourth-order valence-corrected chi connectivity index (χ4v) is 4.00. The minimum Gasteiger partial charge on any atom is -0.480 e. The average molecular weight is 411 g/mol.